The number of carbonyl (C=O) groups is 2. The number of nitrogens with one attached hydrogen (secondary N) is 1. The van der Waals surface area contributed by atoms with E-state index >= 15 is 0 Å². The third-order valence-corrected chi connectivity index (χ3v) is 2.84. The van der Waals surface area contributed by atoms with Crippen LogP contribution in [0.25, 0.3) is 0 Å². The highest BCUT2D eigenvalue weighted by Crippen LogP contribution is 2.05. The van der Waals surface area contributed by atoms with Crippen LogP contribution in [0.1, 0.15) is 58.3 Å². The molecule has 0 saturated heterocycles. The molecule has 0 spiro atoms. The number of nitrogens with two attached hydrogens (primary N) is 1. The summed E-state index contributed by atoms with van der Waals surface area (Å²) >= 11 is 0. The van der Waals surface area contributed by atoms with E-state index in [1.54, 1.807) is 0 Å². The fourth-order valence-corrected chi connectivity index (χ4v) is 1.73. The van der Waals surface area contributed by atoms with Crippen LogP contribution in [0.4, 0.5) is 0 Å². The van der Waals surface area contributed by atoms with Crippen LogP contribution < -0.4 is 11.1 Å². The minimum absolute atomic E-state index is 0.170. The minimum atomic E-state index is -0.984. The first kappa shape index (κ1) is 16.9. The van der Waals surface area contributed by atoms with Gasteiger partial charge < -0.3 is 16.2 Å². The number of aliphatic carboxylic acids is 1. The Morgan fingerprint density at radius 1 is 1.17 bits per heavy atom. The van der Waals surface area contributed by atoms with E-state index in [0.29, 0.717) is 25.8 Å². The lowest BCUT2D eigenvalue weighted by molar-refractivity contribution is -0.142. The largest absolute Gasteiger partial charge is 0.480 e. The normalized spacial score (nSPS) is 12.1. The average molecular weight is 258 g/mol. The standard InChI is InChI=1S/C13H26N2O3/c1-2-3-4-5-6-9-12(16)15-11(13(17)18)8-7-10-14/h11H,2-10,14H2,1H3,(H,15,16)(H,17,18). The van der Waals surface area contributed by atoms with E-state index in [1.807, 2.05) is 0 Å². The lowest BCUT2D eigenvalue weighted by Gasteiger charge is -2.13. The van der Waals surface area contributed by atoms with Gasteiger partial charge in [-0.25, -0.2) is 4.79 Å². The zero-order valence-electron chi connectivity index (χ0n) is 11.3. The van der Waals surface area contributed by atoms with Gasteiger partial charge in [-0.05, 0) is 25.8 Å². The van der Waals surface area contributed by atoms with Crippen molar-refractivity contribution in [3.8, 4) is 0 Å². The van der Waals surface area contributed by atoms with Crippen LogP contribution in [0, 0.1) is 0 Å². The molecule has 0 aromatic heterocycles. The molecule has 106 valence electrons. The molecule has 0 fully saturated rings. The van der Waals surface area contributed by atoms with Gasteiger partial charge in [0.2, 0.25) is 5.91 Å². The zero-order valence-corrected chi connectivity index (χ0v) is 11.3. The van der Waals surface area contributed by atoms with Crippen LogP contribution in [-0.4, -0.2) is 29.6 Å². The first-order valence-electron chi connectivity index (χ1n) is 6.84. The highest BCUT2D eigenvalue weighted by Gasteiger charge is 2.18. The van der Waals surface area contributed by atoms with Gasteiger partial charge in [-0.2, -0.15) is 0 Å². The van der Waals surface area contributed by atoms with Crippen molar-refractivity contribution in [1.82, 2.24) is 5.32 Å². The fourth-order valence-electron chi connectivity index (χ4n) is 1.73. The molecule has 0 rings (SSSR count). The molecule has 0 aliphatic heterocycles. The second-order valence-electron chi connectivity index (χ2n) is 4.55. The predicted molar refractivity (Wildman–Crippen MR) is 71.2 cm³/mol. The number of carbonyl (C=O) groups excluding carboxylic acids is 1. The highest BCUT2D eigenvalue weighted by molar-refractivity contribution is 5.83. The minimum Gasteiger partial charge on any atom is -0.480 e. The van der Waals surface area contributed by atoms with Crippen LogP contribution >= 0.6 is 0 Å². The second kappa shape index (κ2) is 11.0. The Morgan fingerprint density at radius 2 is 1.83 bits per heavy atom. The van der Waals surface area contributed by atoms with Gasteiger partial charge in [0, 0.05) is 6.42 Å². The maximum Gasteiger partial charge on any atom is 0.326 e. The molecule has 0 aliphatic rings. The number of rotatable bonds is 11. The van der Waals surface area contributed by atoms with Gasteiger partial charge in [-0.15, -0.1) is 0 Å². The Morgan fingerprint density at radius 3 is 2.39 bits per heavy atom. The molecule has 0 saturated carbocycles. The molecule has 1 unspecified atom stereocenters. The molecule has 5 heteroatoms. The molecular weight excluding hydrogens is 232 g/mol. The van der Waals surface area contributed by atoms with Gasteiger partial charge >= 0.3 is 5.97 Å². The summed E-state index contributed by atoms with van der Waals surface area (Å²) < 4.78 is 0. The van der Waals surface area contributed by atoms with E-state index in [0.717, 1.165) is 19.3 Å². The number of carboxylic acids is 1. The molecule has 18 heavy (non-hydrogen) atoms. The van der Waals surface area contributed by atoms with E-state index < -0.39 is 12.0 Å². The monoisotopic (exact) mass is 258 g/mol. The molecular formula is C13H26N2O3. The molecule has 1 atom stereocenters. The summed E-state index contributed by atoms with van der Waals surface area (Å²) in [6.07, 6.45) is 6.77. The predicted octanol–water partition coefficient (Wildman–Crippen LogP) is 1.66. The zero-order chi connectivity index (χ0) is 13.8. The SMILES string of the molecule is CCCCCCCC(=O)NC(CCCN)C(=O)O. The van der Waals surface area contributed by atoms with Crippen molar-refractivity contribution in [1.29, 1.82) is 0 Å². The maximum absolute atomic E-state index is 11.5. The van der Waals surface area contributed by atoms with Crippen molar-refractivity contribution < 1.29 is 14.7 Å². The summed E-state index contributed by atoms with van der Waals surface area (Å²) in [5.41, 5.74) is 5.33. The third kappa shape index (κ3) is 8.98. The van der Waals surface area contributed by atoms with Crippen molar-refractivity contribution in [2.45, 2.75) is 64.3 Å². The fraction of sp³-hybridized carbons (Fsp3) is 0.846. The molecule has 0 aromatic rings. The van der Waals surface area contributed by atoms with Crippen LogP contribution in [0.2, 0.25) is 0 Å². The van der Waals surface area contributed by atoms with E-state index in [9.17, 15) is 9.59 Å². The van der Waals surface area contributed by atoms with Crippen LogP contribution in [-0.2, 0) is 9.59 Å². The molecule has 5 nitrogen and oxygen atoms in total. The van der Waals surface area contributed by atoms with Gasteiger partial charge in [0.1, 0.15) is 6.04 Å². The lowest BCUT2D eigenvalue weighted by Crippen LogP contribution is -2.40. The van der Waals surface area contributed by atoms with Crippen molar-refractivity contribution in [2.75, 3.05) is 6.54 Å². The summed E-state index contributed by atoms with van der Waals surface area (Å²) in [7, 11) is 0. The van der Waals surface area contributed by atoms with Gasteiger partial charge in [0.15, 0.2) is 0 Å². The number of carboxylic acid groups (broad SMARTS) is 1. The Bertz CT molecular complexity index is 244. The topological polar surface area (TPSA) is 92.4 Å². The van der Waals surface area contributed by atoms with E-state index in [4.69, 9.17) is 10.8 Å². The quantitative estimate of drug-likeness (QED) is 0.491. The van der Waals surface area contributed by atoms with Gasteiger partial charge in [-0.1, -0.05) is 32.6 Å². The number of hydrogen-bond donors (Lipinski definition) is 3. The summed E-state index contributed by atoms with van der Waals surface area (Å²) in [5, 5.41) is 11.5. The van der Waals surface area contributed by atoms with E-state index in [-0.39, 0.29) is 5.91 Å². The molecule has 0 heterocycles. The van der Waals surface area contributed by atoms with E-state index in [2.05, 4.69) is 12.2 Å². The van der Waals surface area contributed by atoms with Crippen LogP contribution in [0.5, 0.6) is 0 Å². The van der Waals surface area contributed by atoms with Gasteiger partial charge in [-0.3, -0.25) is 4.79 Å². The molecule has 0 aromatic carbocycles. The third-order valence-electron chi connectivity index (χ3n) is 2.84. The van der Waals surface area contributed by atoms with Gasteiger partial charge in [0.25, 0.3) is 0 Å². The highest BCUT2D eigenvalue weighted by atomic mass is 16.4. The summed E-state index contributed by atoms with van der Waals surface area (Å²) in [6, 6.07) is -0.795. The van der Waals surface area contributed by atoms with Gasteiger partial charge in [0.05, 0.1) is 0 Å². The summed E-state index contributed by atoms with van der Waals surface area (Å²) in [4.78, 5) is 22.4. The summed E-state index contributed by atoms with van der Waals surface area (Å²) in [6.45, 7) is 2.58. The summed E-state index contributed by atoms with van der Waals surface area (Å²) in [5.74, 6) is -1.15. The van der Waals surface area contributed by atoms with E-state index in [1.165, 1.54) is 12.8 Å². The Balaban J connectivity index is 3.77. The van der Waals surface area contributed by atoms with Crippen LogP contribution in [0.15, 0.2) is 0 Å². The molecule has 0 bridgehead atoms. The Labute approximate surface area is 109 Å². The maximum atomic E-state index is 11.5. The Kier molecular flexibility index (Phi) is 10.3. The molecule has 1 amide bonds. The van der Waals surface area contributed by atoms with Crippen LogP contribution in [0.3, 0.4) is 0 Å². The molecule has 0 aliphatic carbocycles. The van der Waals surface area contributed by atoms with Crippen molar-refractivity contribution in [2.24, 2.45) is 5.73 Å². The second-order valence-corrected chi connectivity index (χ2v) is 4.55. The smallest absolute Gasteiger partial charge is 0.326 e. The Hall–Kier alpha value is -1.10. The first-order valence-corrected chi connectivity index (χ1v) is 6.84. The molecule has 4 N–H and O–H groups in total. The number of amides is 1. The van der Waals surface area contributed by atoms with Crippen molar-refractivity contribution in [3.63, 3.8) is 0 Å². The number of hydrogen-bond acceptors (Lipinski definition) is 3. The van der Waals surface area contributed by atoms with Crippen molar-refractivity contribution >= 4 is 11.9 Å². The molecule has 0 radical (unpaired) electrons. The average Bonchev–Trinajstić information content (AvgIpc) is 2.33. The number of unbranched alkanes of at least 4 members (excludes halogenated alkanes) is 4. The lowest BCUT2D eigenvalue weighted by atomic mass is 10.1. The first-order chi connectivity index (χ1) is 8.61. The van der Waals surface area contributed by atoms with Crippen molar-refractivity contribution in [3.05, 3.63) is 0 Å².